The maximum absolute atomic E-state index is 13.2. The van der Waals surface area contributed by atoms with Crippen LogP contribution in [0.2, 0.25) is 0 Å². The van der Waals surface area contributed by atoms with Gasteiger partial charge in [-0.15, -0.1) is 0 Å². The monoisotopic (exact) mass is 499 g/mol. The quantitative estimate of drug-likeness (QED) is 0.117. The third-order valence-corrected chi connectivity index (χ3v) is 6.54. The standard InChI is InChI=1S/C24H49N7O4/c1-5-15(3)19(27)23(34)30-18(12-8-10-14-26)22(33)31-20(16(4)6-2)24(35)29-17(21(28)32)11-7-9-13-25/h15-20H,5-14,25-27H2,1-4H3,(H2,28,32)(H,29,35)(H,30,34)(H,31,33)/t15-,16-,17-,18-,19-,20-/m0/s1. The molecule has 0 aliphatic heterocycles. The zero-order valence-corrected chi connectivity index (χ0v) is 22.0. The van der Waals surface area contributed by atoms with Crippen LogP contribution in [0.5, 0.6) is 0 Å². The van der Waals surface area contributed by atoms with E-state index in [1.54, 1.807) is 0 Å². The number of rotatable bonds is 19. The normalized spacial score (nSPS) is 16.3. The van der Waals surface area contributed by atoms with Crippen molar-refractivity contribution >= 4 is 23.6 Å². The summed E-state index contributed by atoms with van der Waals surface area (Å²) in [6.07, 6.45) is 4.71. The van der Waals surface area contributed by atoms with E-state index in [9.17, 15) is 19.2 Å². The lowest BCUT2D eigenvalue weighted by Gasteiger charge is -2.28. The number of amides is 4. The fraction of sp³-hybridized carbons (Fsp3) is 0.833. The van der Waals surface area contributed by atoms with E-state index in [4.69, 9.17) is 22.9 Å². The molecule has 0 spiro atoms. The van der Waals surface area contributed by atoms with Crippen molar-refractivity contribution in [2.45, 2.75) is 103 Å². The molecule has 35 heavy (non-hydrogen) atoms. The molecule has 11 N–H and O–H groups in total. The summed E-state index contributed by atoms with van der Waals surface area (Å²) in [6.45, 7) is 8.48. The number of hydrogen-bond donors (Lipinski definition) is 7. The summed E-state index contributed by atoms with van der Waals surface area (Å²) < 4.78 is 0. The summed E-state index contributed by atoms with van der Waals surface area (Å²) in [5.41, 5.74) is 22.6. The van der Waals surface area contributed by atoms with Crippen molar-refractivity contribution in [3.8, 4) is 0 Å². The van der Waals surface area contributed by atoms with Gasteiger partial charge in [0.05, 0.1) is 6.04 Å². The predicted octanol–water partition coefficient (Wildman–Crippen LogP) is -0.396. The van der Waals surface area contributed by atoms with Crippen LogP contribution in [0.25, 0.3) is 0 Å². The first-order valence-corrected chi connectivity index (χ1v) is 12.9. The molecule has 0 aromatic heterocycles. The lowest BCUT2D eigenvalue weighted by atomic mass is 9.96. The van der Waals surface area contributed by atoms with Crippen molar-refractivity contribution in [3.63, 3.8) is 0 Å². The van der Waals surface area contributed by atoms with Crippen LogP contribution in [-0.2, 0) is 19.2 Å². The SMILES string of the molecule is CC[C@H](C)[C@H](N)C(=O)N[C@@H](CCCCN)C(=O)N[C@H](C(=O)N[C@@H](CCCCN)C(N)=O)[C@@H](C)CC. The van der Waals surface area contributed by atoms with Gasteiger partial charge in [0.15, 0.2) is 0 Å². The molecule has 11 nitrogen and oxygen atoms in total. The van der Waals surface area contributed by atoms with E-state index in [1.807, 2.05) is 27.7 Å². The Morgan fingerprint density at radius 1 is 0.686 bits per heavy atom. The number of unbranched alkanes of at least 4 members (excludes halogenated alkanes) is 2. The molecule has 4 amide bonds. The average molecular weight is 500 g/mol. The number of nitrogens with two attached hydrogens (primary N) is 4. The van der Waals surface area contributed by atoms with Crippen LogP contribution in [-0.4, -0.2) is 60.9 Å². The lowest BCUT2D eigenvalue weighted by Crippen LogP contribution is -2.59. The van der Waals surface area contributed by atoms with Gasteiger partial charge < -0.3 is 38.9 Å². The molecule has 0 aliphatic rings. The maximum atomic E-state index is 13.2. The third kappa shape index (κ3) is 12.3. The molecule has 0 saturated carbocycles. The second-order valence-electron chi connectivity index (χ2n) is 9.38. The maximum Gasteiger partial charge on any atom is 0.243 e. The molecule has 0 fully saturated rings. The first kappa shape index (κ1) is 32.8. The lowest BCUT2D eigenvalue weighted by molar-refractivity contribution is -0.134. The van der Waals surface area contributed by atoms with Gasteiger partial charge in [-0.2, -0.15) is 0 Å². The minimum atomic E-state index is -0.902. The molecule has 11 heteroatoms. The van der Waals surface area contributed by atoms with Gasteiger partial charge in [-0.1, -0.05) is 40.5 Å². The topological polar surface area (TPSA) is 208 Å². The Balaban J connectivity index is 5.54. The van der Waals surface area contributed by atoms with Gasteiger partial charge in [0.2, 0.25) is 23.6 Å². The Hall–Kier alpha value is -2.24. The summed E-state index contributed by atoms with van der Waals surface area (Å²) in [4.78, 5) is 50.8. The molecule has 0 bridgehead atoms. The molecule has 0 aromatic rings. The molecule has 0 aliphatic carbocycles. The summed E-state index contributed by atoms with van der Waals surface area (Å²) in [5.74, 6) is -2.30. The van der Waals surface area contributed by atoms with Crippen molar-refractivity contribution in [1.82, 2.24) is 16.0 Å². The fourth-order valence-electron chi connectivity index (χ4n) is 3.54. The fourth-order valence-corrected chi connectivity index (χ4v) is 3.54. The van der Waals surface area contributed by atoms with Crippen LogP contribution < -0.4 is 38.9 Å². The Labute approximate surface area is 210 Å². The van der Waals surface area contributed by atoms with E-state index in [1.165, 1.54) is 0 Å². The first-order chi connectivity index (χ1) is 16.5. The number of primary amides is 1. The second kappa shape index (κ2) is 18.1. The Morgan fingerprint density at radius 3 is 1.63 bits per heavy atom. The van der Waals surface area contributed by atoms with Crippen LogP contribution in [0.3, 0.4) is 0 Å². The van der Waals surface area contributed by atoms with Crippen molar-refractivity contribution in [2.75, 3.05) is 13.1 Å². The molecule has 6 atom stereocenters. The van der Waals surface area contributed by atoms with Crippen LogP contribution in [0.1, 0.15) is 79.1 Å². The molecular formula is C24H49N7O4. The summed E-state index contributed by atoms with van der Waals surface area (Å²) >= 11 is 0. The first-order valence-electron chi connectivity index (χ1n) is 12.9. The van der Waals surface area contributed by atoms with Crippen LogP contribution >= 0.6 is 0 Å². The van der Waals surface area contributed by atoms with Crippen LogP contribution in [0, 0.1) is 11.8 Å². The highest BCUT2D eigenvalue weighted by atomic mass is 16.2. The van der Waals surface area contributed by atoms with E-state index in [0.717, 1.165) is 6.42 Å². The number of carbonyl (C=O) groups is 4. The Kier molecular flexibility index (Phi) is 16.9. The van der Waals surface area contributed by atoms with E-state index in [0.29, 0.717) is 58.0 Å². The summed E-state index contributed by atoms with van der Waals surface area (Å²) in [5, 5.41) is 8.21. The number of carbonyl (C=O) groups excluding carboxylic acids is 4. The van der Waals surface area contributed by atoms with Crippen molar-refractivity contribution < 1.29 is 19.2 Å². The zero-order valence-electron chi connectivity index (χ0n) is 22.0. The van der Waals surface area contributed by atoms with Gasteiger partial charge in [0.1, 0.15) is 18.1 Å². The largest absolute Gasteiger partial charge is 0.368 e. The molecule has 0 saturated heterocycles. The highest BCUT2D eigenvalue weighted by molar-refractivity contribution is 5.94. The second-order valence-corrected chi connectivity index (χ2v) is 9.38. The highest BCUT2D eigenvalue weighted by Gasteiger charge is 2.32. The smallest absolute Gasteiger partial charge is 0.243 e. The molecule has 0 heterocycles. The molecule has 0 unspecified atom stereocenters. The molecule has 0 radical (unpaired) electrons. The minimum Gasteiger partial charge on any atom is -0.368 e. The predicted molar refractivity (Wildman–Crippen MR) is 138 cm³/mol. The number of nitrogens with one attached hydrogen (secondary N) is 3. The summed E-state index contributed by atoms with van der Waals surface area (Å²) in [6, 6.07) is -3.37. The Morgan fingerprint density at radius 2 is 1.17 bits per heavy atom. The molecule has 0 aromatic carbocycles. The van der Waals surface area contributed by atoms with Gasteiger partial charge in [-0.3, -0.25) is 19.2 Å². The molecule has 0 rings (SSSR count). The molecule has 204 valence electrons. The minimum absolute atomic E-state index is 0.0496. The van der Waals surface area contributed by atoms with Crippen molar-refractivity contribution in [1.29, 1.82) is 0 Å². The zero-order chi connectivity index (χ0) is 27.0. The van der Waals surface area contributed by atoms with Gasteiger partial charge >= 0.3 is 0 Å². The number of hydrogen-bond acceptors (Lipinski definition) is 7. The summed E-state index contributed by atoms with van der Waals surface area (Å²) in [7, 11) is 0. The third-order valence-electron chi connectivity index (χ3n) is 6.54. The van der Waals surface area contributed by atoms with Gasteiger partial charge in [-0.25, -0.2) is 0 Å². The van der Waals surface area contributed by atoms with Crippen molar-refractivity contribution in [2.24, 2.45) is 34.8 Å². The average Bonchev–Trinajstić information content (AvgIpc) is 2.84. The highest BCUT2D eigenvalue weighted by Crippen LogP contribution is 2.12. The van der Waals surface area contributed by atoms with Gasteiger partial charge in [-0.05, 0) is 63.5 Å². The Bertz CT molecular complexity index is 662. The van der Waals surface area contributed by atoms with Gasteiger partial charge in [0.25, 0.3) is 0 Å². The molecular weight excluding hydrogens is 450 g/mol. The van der Waals surface area contributed by atoms with Crippen molar-refractivity contribution in [3.05, 3.63) is 0 Å². The van der Waals surface area contributed by atoms with E-state index in [-0.39, 0.29) is 11.8 Å². The van der Waals surface area contributed by atoms with E-state index >= 15 is 0 Å². The van der Waals surface area contributed by atoms with E-state index in [2.05, 4.69) is 16.0 Å². The van der Waals surface area contributed by atoms with Gasteiger partial charge in [0, 0.05) is 0 Å². The van der Waals surface area contributed by atoms with Crippen LogP contribution in [0.4, 0.5) is 0 Å². The van der Waals surface area contributed by atoms with Crippen LogP contribution in [0.15, 0.2) is 0 Å². The van der Waals surface area contributed by atoms with E-state index < -0.39 is 47.8 Å².